The summed E-state index contributed by atoms with van der Waals surface area (Å²) in [5.41, 5.74) is 0.506. The summed E-state index contributed by atoms with van der Waals surface area (Å²) < 4.78 is 26.4. The summed E-state index contributed by atoms with van der Waals surface area (Å²) in [4.78, 5) is 27.3. The molecule has 5 aliphatic rings. The van der Waals surface area contributed by atoms with Crippen LogP contribution in [0.15, 0.2) is 18.2 Å². The molecule has 0 aromatic heterocycles. The highest BCUT2D eigenvalue weighted by Crippen LogP contribution is 2.55. The quantitative estimate of drug-likeness (QED) is 0.811. The maximum atomic E-state index is 13.4. The number of nitrogens with one attached hydrogen (secondary N) is 1. The van der Waals surface area contributed by atoms with Crippen LogP contribution in [-0.4, -0.2) is 35.3 Å². The van der Waals surface area contributed by atoms with Crippen LogP contribution < -0.4 is 5.32 Å². The van der Waals surface area contributed by atoms with Crippen molar-refractivity contribution in [2.24, 2.45) is 23.7 Å². The van der Waals surface area contributed by atoms with Gasteiger partial charge in [-0.05, 0) is 86.8 Å². The second kappa shape index (κ2) is 7.61. The van der Waals surface area contributed by atoms with Gasteiger partial charge in [-0.3, -0.25) is 9.59 Å². The molecule has 4 saturated carbocycles. The van der Waals surface area contributed by atoms with Crippen molar-refractivity contribution < 1.29 is 18.4 Å². The van der Waals surface area contributed by atoms with Crippen molar-refractivity contribution in [3.8, 4) is 0 Å². The highest BCUT2D eigenvalue weighted by Gasteiger charge is 2.51. The Kier molecular flexibility index (Phi) is 5.06. The van der Waals surface area contributed by atoms with Crippen LogP contribution >= 0.6 is 0 Å². The second-order valence-corrected chi connectivity index (χ2v) is 10.3. The van der Waals surface area contributed by atoms with Crippen molar-refractivity contribution in [1.29, 1.82) is 0 Å². The predicted octanol–water partition coefficient (Wildman–Crippen LogP) is 3.83. The van der Waals surface area contributed by atoms with E-state index in [9.17, 15) is 18.4 Å². The first-order valence-electron chi connectivity index (χ1n) is 11.4. The monoisotopic (exact) mass is 416 g/mol. The van der Waals surface area contributed by atoms with E-state index in [4.69, 9.17) is 0 Å². The van der Waals surface area contributed by atoms with Gasteiger partial charge in [-0.25, -0.2) is 8.78 Å². The Balaban J connectivity index is 1.14. The molecule has 1 aromatic carbocycles. The zero-order valence-electron chi connectivity index (χ0n) is 17.3. The number of amides is 2. The largest absolute Gasteiger partial charge is 0.350 e. The molecular formula is C24H30F2N2O2. The molecule has 0 radical (unpaired) electrons. The van der Waals surface area contributed by atoms with Gasteiger partial charge in [0, 0.05) is 24.5 Å². The first-order valence-corrected chi connectivity index (χ1v) is 11.4. The predicted molar refractivity (Wildman–Crippen MR) is 108 cm³/mol. The number of benzene rings is 1. The molecule has 4 nitrogen and oxygen atoms in total. The molecule has 1 N–H and O–H groups in total. The van der Waals surface area contributed by atoms with Crippen molar-refractivity contribution in [3.05, 3.63) is 35.4 Å². The number of piperidine rings is 1. The van der Waals surface area contributed by atoms with Gasteiger partial charge < -0.3 is 10.2 Å². The van der Waals surface area contributed by atoms with Crippen LogP contribution in [0.4, 0.5) is 8.78 Å². The molecule has 5 fully saturated rings. The number of hydrogen-bond donors (Lipinski definition) is 1. The average Bonchev–Trinajstić information content (AvgIpc) is 2.69. The molecule has 162 valence electrons. The molecule has 1 aromatic rings. The van der Waals surface area contributed by atoms with Crippen LogP contribution in [0, 0.1) is 35.3 Å². The zero-order chi connectivity index (χ0) is 20.9. The molecular weight excluding hydrogens is 386 g/mol. The van der Waals surface area contributed by atoms with Crippen LogP contribution in [0.25, 0.3) is 0 Å². The number of rotatable bonds is 4. The van der Waals surface area contributed by atoms with Gasteiger partial charge >= 0.3 is 0 Å². The van der Waals surface area contributed by atoms with E-state index in [-0.39, 0.29) is 29.7 Å². The molecule has 4 aliphatic carbocycles. The molecule has 30 heavy (non-hydrogen) atoms. The minimum atomic E-state index is -0.930. The topological polar surface area (TPSA) is 49.4 Å². The fraction of sp³-hybridized carbons (Fsp3) is 0.667. The maximum absolute atomic E-state index is 13.4. The molecule has 0 spiro atoms. The van der Waals surface area contributed by atoms with E-state index < -0.39 is 11.6 Å². The summed E-state index contributed by atoms with van der Waals surface area (Å²) >= 11 is 0. The third kappa shape index (κ3) is 3.85. The third-order valence-electron chi connectivity index (χ3n) is 7.98. The number of likely N-dealkylation sites (tertiary alicyclic amines) is 1. The van der Waals surface area contributed by atoms with E-state index in [0.717, 1.165) is 49.1 Å². The molecule has 0 atom stereocenters. The van der Waals surface area contributed by atoms with Crippen LogP contribution in [0.3, 0.4) is 0 Å². The summed E-state index contributed by atoms with van der Waals surface area (Å²) in [6.07, 6.45) is 8.91. The molecule has 6 heteroatoms. The lowest BCUT2D eigenvalue weighted by atomic mass is 9.53. The van der Waals surface area contributed by atoms with Crippen molar-refractivity contribution in [2.45, 2.75) is 63.3 Å². The number of carbonyl (C=O) groups is 2. The normalized spacial score (nSPS) is 33.0. The van der Waals surface area contributed by atoms with E-state index >= 15 is 0 Å². The summed E-state index contributed by atoms with van der Waals surface area (Å²) in [7, 11) is 0. The van der Waals surface area contributed by atoms with E-state index in [0.29, 0.717) is 31.5 Å². The Morgan fingerprint density at radius 1 is 0.967 bits per heavy atom. The summed E-state index contributed by atoms with van der Waals surface area (Å²) in [5, 5.41) is 3.47. The minimum Gasteiger partial charge on any atom is -0.350 e. The van der Waals surface area contributed by atoms with E-state index in [1.165, 1.54) is 25.3 Å². The Morgan fingerprint density at radius 3 is 2.13 bits per heavy atom. The number of halogens is 2. The zero-order valence-corrected chi connectivity index (χ0v) is 17.3. The van der Waals surface area contributed by atoms with Gasteiger partial charge in [0.15, 0.2) is 11.6 Å². The van der Waals surface area contributed by atoms with Gasteiger partial charge in [-0.15, -0.1) is 0 Å². The number of nitrogens with zero attached hydrogens (tertiary/aromatic N) is 1. The Hall–Kier alpha value is -1.98. The molecule has 2 amide bonds. The van der Waals surface area contributed by atoms with E-state index in [1.807, 2.05) is 0 Å². The smallest absolute Gasteiger partial charge is 0.226 e. The first-order chi connectivity index (χ1) is 14.4. The molecule has 1 heterocycles. The molecule has 1 saturated heterocycles. The molecule has 0 unspecified atom stereocenters. The molecule has 6 rings (SSSR count). The molecule has 1 aliphatic heterocycles. The standard InChI is InChI=1S/C24H30F2N2O2/c25-20-2-1-15(10-21(20)26)11-22(29)28-5-3-19(4-6-28)23(30)27-24-12-16-7-17(13-24)9-18(8-16)14-24/h1-2,10,16-19H,3-9,11-14H2,(H,27,30). The second-order valence-electron chi connectivity index (χ2n) is 10.3. The number of hydrogen-bond acceptors (Lipinski definition) is 2. The van der Waals surface area contributed by atoms with Crippen molar-refractivity contribution in [2.75, 3.05) is 13.1 Å². The number of carbonyl (C=O) groups excluding carboxylic acids is 2. The van der Waals surface area contributed by atoms with Crippen molar-refractivity contribution in [1.82, 2.24) is 10.2 Å². The highest BCUT2D eigenvalue weighted by molar-refractivity contribution is 5.81. The summed E-state index contributed by atoms with van der Waals surface area (Å²) in [5.74, 6) is 0.597. The lowest BCUT2D eigenvalue weighted by molar-refractivity contribution is -0.137. The molecule has 4 bridgehead atoms. The summed E-state index contributed by atoms with van der Waals surface area (Å²) in [6, 6.07) is 3.58. The van der Waals surface area contributed by atoms with Crippen LogP contribution in [0.2, 0.25) is 0 Å². The lowest BCUT2D eigenvalue weighted by Crippen LogP contribution is -2.61. The van der Waals surface area contributed by atoms with Gasteiger partial charge in [0.05, 0.1) is 6.42 Å². The Morgan fingerprint density at radius 2 is 1.57 bits per heavy atom. The SMILES string of the molecule is O=C(NC12CC3CC(CC(C3)C1)C2)C1CCN(C(=O)Cc2ccc(F)c(F)c2)CC1. The van der Waals surface area contributed by atoms with Crippen LogP contribution in [0.1, 0.15) is 56.9 Å². The van der Waals surface area contributed by atoms with Crippen LogP contribution in [0.5, 0.6) is 0 Å². The van der Waals surface area contributed by atoms with E-state index in [1.54, 1.807) is 4.90 Å². The minimum absolute atomic E-state index is 0.0332. The fourth-order valence-electron chi connectivity index (χ4n) is 6.95. The Bertz CT molecular complexity index is 812. The maximum Gasteiger partial charge on any atom is 0.226 e. The van der Waals surface area contributed by atoms with Crippen molar-refractivity contribution in [3.63, 3.8) is 0 Å². The van der Waals surface area contributed by atoms with Gasteiger partial charge in [0.2, 0.25) is 11.8 Å². The Labute approximate surface area is 176 Å². The van der Waals surface area contributed by atoms with Gasteiger partial charge in [0.25, 0.3) is 0 Å². The lowest BCUT2D eigenvalue weighted by Gasteiger charge is -2.57. The van der Waals surface area contributed by atoms with Crippen molar-refractivity contribution >= 4 is 11.8 Å². The van der Waals surface area contributed by atoms with Crippen LogP contribution in [-0.2, 0) is 16.0 Å². The van der Waals surface area contributed by atoms with E-state index in [2.05, 4.69) is 5.32 Å². The highest BCUT2D eigenvalue weighted by atomic mass is 19.2. The van der Waals surface area contributed by atoms with Gasteiger partial charge in [-0.1, -0.05) is 6.07 Å². The average molecular weight is 417 g/mol. The third-order valence-corrected chi connectivity index (χ3v) is 7.98. The van der Waals surface area contributed by atoms with Gasteiger partial charge in [-0.2, -0.15) is 0 Å². The first kappa shape index (κ1) is 20.0. The fourth-order valence-corrected chi connectivity index (χ4v) is 6.95. The summed E-state index contributed by atoms with van der Waals surface area (Å²) in [6.45, 7) is 1.09. The van der Waals surface area contributed by atoms with Gasteiger partial charge in [0.1, 0.15) is 0 Å².